The lowest BCUT2D eigenvalue weighted by Crippen LogP contribution is -2.04. The first kappa shape index (κ1) is 13.6. The van der Waals surface area contributed by atoms with Crippen LogP contribution >= 0.6 is 38.5 Å². The summed E-state index contributed by atoms with van der Waals surface area (Å²) in [6.45, 7) is 0. The van der Waals surface area contributed by atoms with E-state index < -0.39 is 0 Å². The van der Waals surface area contributed by atoms with Crippen molar-refractivity contribution in [2.45, 2.75) is 30.5 Å². The van der Waals surface area contributed by atoms with Crippen LogP contribution in [-0.2, 0) is 12.8 Å². The van der Waals surface area contributed by atoms with Gasteiger partial charge in [0.25, 0.3) is 0 Å². The first-order valence-corrected chi connectivity index (χ1v) is 8.75. The lowest BCUT2D eigenvalue weighted by molar-refractivity contribution is 0.684. The second-order valence-electron chi connectivity index (χ2n) is 5.12. The number of benzene rings is 2. The number of alkyl halides is 1. The van der Waals surface area contributed by atoms with Gasteiger partial charge in [0, 0.05) is 3.57 Å². The molecule has 0 saturated heterocycles. The third kappa shape index (κ3) is 2.89. The van der Waals surface area contributed by atoms with Crippen molar-refractivity contribution in [2.24, 2.45) is 0 Å². The minimum atomic E-state index is 0.299. The van der Waals surface area contributed by atoms with Gasteiger partial charge in [0.2, 0.25) is 0 Å². The molecule has 1 atom stereocenters. The van der Waals surface area contributed by atoms with E-state index in [0.717, 1.165) is 0 Å². The zero-order chi connectivity index (χ0) is 13.2. The molecule has 1 aliphatic rings. The van der Waals surface area contributed by atoms with Gasteiger partial charge in [-0.2, -0.15) is 0 Å². The van der Waals surface area contributed by atoms with Crippen molar-refractivity contribution in [2.75, 3.05) is 0 Å². The van der Waals surface area contributed by atoms with E-state index in [1.54, 1.807) is 11.1 Å². The molecular formula is C17H16BrI. The number of hydrogen-bond acceptors (Lipinski definition) is 0. The zero-order valence-electron chi connectivity index (χ0n) is 10.7. The predicted octanol–water partition coefficient (Wildman–Crippen LogP) is 5.65. The van der Waals surface area contributed by atoms with E-state index in [1.807, 2.05) is 0 Å². The molecule has 0 spiro atoms. The van der Waals surface area contributed by atoms with Crippen LogP contribution in [0, 0.1) is 3.57 Å². The van der Waals surface area contributed by atoms with Crippen LogP contribution in [0.5, 0.6) is 0 Å². The van der Waals surface area contributed by atoms with Crippen LogP contribution in [0.3, 0.4) is 0 Å². The molecule has 2 aromatic rings. The molecule has 0 N–H and O–H groups in total. The van der Waals surface area contributed by atoms with Crippen LogP contribution in [0.4, 0.5) is 0 Å². The minimum Gasteiger partial charge on any atom is -0.0786 e. The summed E-state index contributed by atoms with van der Waals surface area (Å²) in [6, 6.07) is 15.6. The molecule has 0 radical (unpaired) electrons. The summed E-state index contributed by atoms with van der Waals surface area (Å²) in [4.78, 5) is 0.299. The SMILES string of the molecule is BrC(c1ccc2c(c1)CCCC2)c1ccccc1I. The van der Waals surface area contributed by atoms with Crippen molar-refractivity contribution in [3.8, 4) is 0 Å². The lowest BCUT2D eigenvalue weighted by Gasteiger charge is -2.19. The van der Waals surface area contributed by atoms with E-state index in [9.17, 15) is 0 Å². The molecule has 2 heteroatoms. The average molecular weight is 427 g/mol. The van der Waals surface area contributed by atoms with Crippen molar-refractivity contribution in [3.05, 3.63) is 68.3 Å². The van der Waals surface area contributed by atoms with Gasteiger partial charge >= 0.3 is 0 Å². The molecule has 0 saturated carbocycles. The fourth-order valence-electron chi connectivity index (χ4n) is 2.77. The molecule has 0 aromatic heterocycles. The summed E-state index contributed by atoms with van der Waals surface area (Å²) in [7, 11) is 0. The summed E-state index contributed by atoms with van der Waals surface area (Å²) >= 11 is 6.28. The largest absolute Gasteiger partial charge is 0.0786 e. The van der Waals surface area contributed by atoms with E-state index in [0.29, 0.717) is 4.83 Å². The second kappa shape index (κ2) is 5.96. The van der Waals surface area contributed by atoms with E-state index >= 15 is 0 Å². The highest BCUT2D eigenvalue weighted by atomic mass is 127. The van der Waals surface area contributed by atoms with Crippen LogP contribution in [0.2, 0.25) is 0 Å². The van der Waals surface area contributed by atoms with Crippen LogP contribution in [0.25, 0.3) is 0 Å². The Morgan fingerprint density at radius 3 is 2.47 bits per heavy atom. The topological polar surface area (TPSA) is 0 Å². The number of aryl methyl sites for hydroxylation is 2. The van der Waals surface area contributed by atoms with Crippen molar-refractivity contribution in [1.82, 2.24) is 0 Å². The summed E-state index contributed by atoms with van der Waals surface area (Å²) in [5, 5.41) is 0. The highest BCUT2D eigenvalue weighted by Crippen LogP contribution is 2.35. The van der Waals surface area contributed by atoms with E-state index in [2.05, 4.69) is 81.0 Å². The van der Waals surface area contributed by atoms with E-state index in [-0.39, 0.29) is 0 Å². The molecule has 0 fully saturated rings. The first-order chi connectivity index (χ1) is 9.25. The molecule has 1 unspecified atom stereocenters. The highest BCUT2D eigenvalue weighted by Gasteiger charge is 2.16. The molecule has 0 aliphatic heterocycles. The normalized spacial score (nSPS) is 15.9. The quantitative estimate of drug-likeness (QED) is 0.429. The number of rotatable bonds is 2. The van der Waals surface area contributed by atoms with Gasteiger partial charge in [-0.25, -0.2) is 0 Å². The number of hydrogen-bond donors (Lipinski definition) is 0. The van der Waals surface area contributed by atoms with Gasteiger partial charge in [0.05, 0.1) is 4.83 Å². The Bertz CT molecular complexity index is 592. The van der Waals surface area contributed by atoms with Gasteiger partial charge in [-0.05, 0) is 76.6 Å². The Labute approximate surface area is 136 Å². The molecule has 2 aromatic carbocycles. The van der Waals surface area contributed by atoms with E-state index in [1.165, 1.54) is 40.4 Å². The molecule has 0 bridgehead atoms. The zero-order valence-corrected chi connectivity index (χ0v) is 14.4. The smallest absolute Gasteiger partial charge is 0.0655 e. The maximum absolute atomic E-state index is 3.87. The second-order valence-corrected chi connectivity index (χ2v) is 7.20. The summed E-state index contributed by atoms with van der Waals surface area (Å²) in [6.07, 6.45) is 5.19. The van der Waals surface area contributed by atoms with Crippen molar-refractivity contribution in [1.29, 1.82) is 0 Å². The van der Waals surface area contributed by atoms with Crippen LogP contribution < -0.4 is 0 Å². The average Bonchev–Trinajstić information content (AvgIpc) is 2.46. The highest BCUT2D eigenvalue weighted by molar-refractivity contribution is 14.1. The fraction of sp³-hybridized carbons (Fsp3) is 0.294. The third-order valence-electron chi connectivity index (χ3n) is 3.84. The summed E-state index contributed by atoms with van der Waals surface area (Å²) in [5.74, 6) is 0. The fourth-order valence-corrected chi connectivity index (χ4v) is 4.58. The summed E-state index contributed by atoms with van der Waals surface area (Å²) in [5.41, 5.74) is 5.85. The van der Waals surface area contributed by atoms with Gasteiger partial charge in [-0.15, -0.1) is 0 Å². The van der Waals surface area contributed by atoms with Crippen LogP contribution in [0.15, 0.2) is 42.5 Å². The molecular weight excluding hydrogens is 411 g/mol. The van der Waals surface area contributed by atoms with Crippen molar-refractivity contribution in [3.63, 3.8) is 0 Å². The molecule has 1 aliphatic carbocycles. The van der Waals surface area contributed by atoms with Crippen molar-refractivity contribution < 1.29 is 0 Å². The van der Waals surface area contributed by atoms with E-state index in [4.69, 9.17) is 0 Å². The van der Waals surface area contributed by atoms with Gasteiger partial charge in [0.1, 0.15) is 0 Å². The Morgan fingerprint density at radius 1 is 0.947 bits per heavy atom. The Morgan fingerprint density at radius 2 is 1.68 bits per heavy atom. The molecule has 3 rings (SSSR count). The predicted molar refractivity (Wildman–Crippen MR) is 93.0 cm³/mol. The minimum absolute atomic E-state index is 0.299. The van der Waals surface area contributed by atoms with Gasteiger partial charge < -0.3 is 0 Å². The van der Waals surface area contributed by atoms with Crippen molar-refractivity contribution >= 4 is 38.5 Å². The molecule has 0 heterocycles. The number of fused-ring (bicyclic) bond motifs is 1. The Hall–Kier alpha value is -0.350. The van der Waals surface area contributed by atoms with Crippen LogP contribution in [0.1, 0.15) is 39.9 Å². The van der Waals surface area contributed by atoms with Gasteiger partial charge in [-0.3, -0.25) is 0 Å². The molecule has 98 valence electrons. The Kier molecular flexibility index (Phi) is 4.27. The Balaban J connectivity index is 1.96. The standard InChI is InChI=1S/C17H16BrI/c18-17(15-7-3-4-8-16(15)19)14-10-9-12-5-1-2-6-13(12)11-14/h3-4,7-11,17H,1-2,5-6H2. The van der Waals surface area contributed by atoms with Crippen LogP contribution in [-0.4, -0.2) is 0 Å². The monoisotopic (exact) mass is 426 g/mol. The molecule has 0 amide bonds. The third-order valence-corrected chi connectivity index (χ3v) is 5.85. The number of halogens is 2. The molecule has 19 heavy (non-hydrogen) atoms. The molecule has 0 nitrogen and oxygen atoms in total. The maximum atomic E-state index is 3.87. The lowest BCUT2D eigenvalue weighted by atomic mass is 9.89. The van der Waals surface area contributed by atoms with Gasteiger partial charge in [-0.1, -0.05) is 52.3 Å². The summed E-state index contributed by atoms with van der Waals surface area (Å²) < 4.78 is 1.32. The first-order valence-electron chi connectivity index (χ1n) is 6.76. The maximum Gasteiger partial charge on any atom is 0.0655 e. The van der Waals surface area contributed by atoms with Gasteiger partial charge in [0.15, 0.2) is 0 Å².